The number of nitrogens with zero attached hydrogens (tertiary/aromatic N) is 1. The Morgan fingerprint density at radius 1 is 1.30 bits per heavy atom. The first kappa shape index (κ1) is 15.9. The standard InChI is InChI=1S/C17H23NO5/c1-11-10-18(23-16(11)17(19)20)12-7-8-14(21-2)15(9-12)22-13-5-3-4-6-13/h7-9,11,13,16H,3-6,10H2,1-2H3,(H,19,20). The van der Waals surface area contributed by atoms with Crippen molar-refractivity contribution >= 4 is 11.7 Å². The highest BCUT2D eigenvalue weighted by molar-refractivity contribution is 5.73. The molecule has 2 fully saturated rings. The molecule has 3 rings (SSSR count). The fraction of sp³-hybridized carbons (Fsp3) is 0.588. The molecule has 2 unspecified atom stereocenters. The molecule has 1 aliphatic carbocycles. The number of methoxy groups -OCH3 is 1. The van der Waals surface area contributed by atoms with E-state index < -0.39 is 12.1 Å². The summed E-state index contributed by atoms with van der Waals surface area (Å²) in [6.07, 6.45) is 3.93. The van der Waals surface area contributed by atoms with Gasteiger partial charge in [0.05, 0.1) is 25.4 Å². The Balaban J connectivity index is 1.79. The summed E-state index contributed by atoms with van der Waals surface area (Å²) in [7, 11) is 1.62. The van der Waals surface area contributed by atoms with Crippen molar-refractivity contribution in [1.29, 1.82) is 0 Å². The fourth-order valence-electron chi connectivity index (χ4n) is 3.19. The van der Waals surface area contributed by atoms with Crippen molar-refractivity contribution in [1.82, 2.24) is 0 Å². The number of anilines is 1. The molecule has 0 bridgehead atoms. The Hall–Kier alpha value is -1.95. The minimum atomic E-state index is -0.934. The van der Waals surface area contributed by atoms with Crippen molar-refractivity contribution in [2.45, 2.75) is 44.8 Å². The number of hydroxylamine groups is 1. The molecule has 0 aromatic heterocycles. The summed E-state index contributed by atoms with van der Waals surface area (Å²) in [6, 6.07) is 5.56. The van der Waals surface area contributed by atoms with E-state index in [0.29, 0.717) is 18.0 Å². The summed E-state index contributed by atoms with van der Waals surface area (Å²) in [5, 5.41) is 10.8. The monoisotopic (exact) mass is 321 g/mol. The van der Waals surface area contributed by atoms with Crippen molar-refractivity contribution in [2.24, 2.45) is 5.92 Å². The number of aliphatic carboxylic acids is 1. The lowest BCUT2D eigenvalue weighted by Gasteiger charge is -2.21. The molecule has 2 aliphatic rings. The average molecular weight is 321 g/mol. The molecule has 1 aliphatic heterocycles. The molecule has 1 saturated heterocycles. The van der Waals surface area contributed by atoms with E-state index >= 15 is 0 Å². The van der Waals surface area contributed by atoms with E-state index in [9.17, 15) is 9.90 Å². The molecule has 2 atom stereocenters. The highest BCUT2D eigenvalue weighted by Crippen LogP contribution is 2.37. The van der Waals surface area contributed by atoms with Crippen molar-refractivity contribution in [3.8, 4) is 11.5 Å². The lowest BCUT2D eigenvalue weighted by molar-refractivity contribution is -0.149. The van der Waals surface area contributed by atoms with Crippen molar-refractivity contribution in [3.63, 3.8) is 0 Å². The third kappa shape index (κ3) is 3.37. The smallest absolute Gasteiger partial charge is 0.335 e. The summed E-state index contributed by atoms with van der Waals surface area (Å²) in [5.74, 6) is 0.361. The van der Waals surface area contributed by atoms with Crippen molar-refractivity contribution in [2.75, 3.05) is 18.7 Å². The van der Waals surface area contributed by atoms with Crippen LogP contribution in [0, 0.1) is 5.92 Å². The zero-order valence-electron chi connectivity index (χ0n) is 13.5. The second kappa shape index (κ2) is 6.66. The number of carboxylic acid groups (broad SMARTS) is 1. The topological polar surface area (TPSA) is 68.2 Å². The summed E-state index contributed by atoms with van der Waals surface area (Å²) < 4.78 is 11.5. The molecule has 1 heterocycles. The first-order valence-electron chi connectivity index (χ1n) is 8.10. The number of carboxylic acids is 1. The molecular formula is C17H23NO5. The van der Waals surface area contributed by atoms with E-state index in [0.717, 1.165) is 18.5 Å². The van der Waals surface area contributed by atoms with Crippen LogP contribution in [0.2, 0.25) is 0 Å². The molecule has 23 heavy (non-hydrogen) atoms. The Morgan fingerprint density at radius 2 is 2.04 bits per heavy atom. The van der Waals surface area contributed by atoms with Gasteiger partial charge in [0.25, 0.3) is 0 Å². The van der Waals surface area contributed by atoms with Crippen LogP contribution in [0.4, 0.5) is 5.69 Å². The number of hydrogen-bond acceptors (Lipinski definition) is 5. The molecule has 1 saturated carbocycles. The number of rotatable bonds is 5. The van der Waals surface area contributed by atoms with E-state index in [-0.39, 0.29) is 12.0 Å². The summed E-state index contributed by atoms with van der Waals surface area (Å²) >= 11 is 0. The first-order valence-corrected chi connectivity index (χ1v) is 8.10. The van der Waals surface area contributed by atoms with Gasteiger partial charge in [-0.05, 0) is 37.8 Å². The molecule has 1 aromatic rings. The molecule has 0 spiro atoms. The number of ether oxygens (including phenoxy) is 2. The van der Waals surface area contributed by atoms with Crippen LogP contribution >= 0.6 is 0 Å². The first-order chi connectivity index (χ1) is 11.1. The Morgan fingerprint density at radius 3 is 2.65 bits per heavy atom. The number of carbonyl (C=O) groups is 1. The van der Waals surface area contributed by atoms with Crippen LogP contribution in [0.1, 0.15) is 32.6 Å². The third-order valence-electron chi connectivity index (χ3n) is 4.49. The molecule has 6 heteroatoms. The molecule has 1 N–H and O–H groups in total. The van der Waals surface area contributed by atoms with Crippen LogP contribution in [0.25, 0.3) is 0 Å². The van der Waals surface area contributed by atoms with E-state index in [2.05, 4.69) is 0 Å². The van der Waals surface area contributed by atoms with Gasteiger partial charge in [-0.25, -0.2) is 4.79 Å². The molecule has 1 aromatic carbocycles. The SMILES string of the molecule is COc1ccc(N2CC(C)C(C(=O)O)O2)cc1OC1CCCC1. The average Bonchev–Trinajstić information content (AvgIpc) is 3.16. The van der Waals surface area contributed by atoms with Crippen LogP contribution in [-0.2, 0) is 9.63 Å². The van der Waals surface area contributed by atoms with Gasteiger partial charge in [-0.2, -0.15) is 0 Å². The van der Waals surface area contributed by atoms with Crippen LogP contribution in [0.5, 0.6) is 11.5 Å². The van der Waals surface area contributed by atoms with Gasteiger partial charge in [-0.1, -0.05) is 6.92 Å². The maximum Gasteiger partial charge on any atom is 0.335 e. The summed E-state index contributed by atoms with van der Waals surface area (Å²) in [4.78, 5) is 16.7. The van der Waals surface area contributed by atoms with Crippen LogP contribution in [-0.4, -0.2) is 36.9 Å². The van der Waals surface area contributed by atoms with Crippen LogP contribution in [0.15, 0.2) is 18.2 Å². The van der Waals surface area contributed by atoms with Crippen molar-refractivity contribution in [3.05, 3.63) is 18.2 Å². The van der Waals surface area contributed by atoms with Crippen LogP contribution in [0.3, 0.4) is 0 Å². The summed E-state index contributed by atoms with van der Waals surface area (Å²) in [6.45, 7) is 2.41. The van der Waals surface area contributed by atoms with Gasteiger partial charge in [-0.15, -0.1) is 0 Å². The largest absolute Gasteiger partial charge is 0.493 e. The normalized spacial score (nSPS) is 24.9. The minimum Gasteiger partial charge on any atom is -0.493 e. The van der Waals surface area contributed by atoms with Gasteiger partial charge >= 0.3 is 5.97 Å². The Labute approximate surface area is 135 Å². The highest BCUT2D eigenvalue weighted by Gasteiger charge is 2.37. The second-order valence-electron chi connectivity index (χ2n) is 6.26. The van der Waals surface area contributed by atoms with E-state index in [1.54, 1.807) is 12.2 Å². The number of benzene rings is 1. The highest BCUT2D eigenvalue weighted by atomic mass is 16.7. The van der Waals surface area contributed by atoms with Gasteiger partial charge in [0.15, 0.2) is 17.6 Å². The predicted molar refractivity (Wildman–Crippen MR) is 84.9 cm³/mol. The Bertz CT molecular complexity index is 570. The zero-order valence-corrected chi connectivity index (χ0v) is 13.5. The quantitative estimate of drug-likeness (QED) is 0.899. The predicted octanol–water partition coefficient (Wildman–Crippen LogP) is 2.86. The van der Waals surface area contributed by atoms with E-state index in [1.165, 1.54) is 12.8 Å². The summed E-state index contributed by atoms with van der Waals surface area (Å²) in [5.41, 5.74) is 0.786. The van der Waals surface area contributed by atoms with Gasteiger partial charge in [0.1, 0.15) is 0 Å². The van der Waals surface area contributed by atoms with Gasteiger partial charge < -0.3 is 14.6 Å². The lowest BCUT2D eigenvalue weighted by atomic mass is 10.1. The van der Waals surface area contributed by atoms with Gasteiger partial charge in [0.2, 0.25) is 0 Å². The molecule has 126 valence electrons. The third-order valence-corrected chi connectivity index (χ3v) is 4.49. The molecule has 0 radical (unpaired) electrons. The molecular weight excluding hydrogens is 298 g/mol. The maximum atomic E-state index is 11.2. The molecule has 6 nitrogen and oxygen atoms in total. The minimum absolute atomic E-state index is 0.0752. The number of hydrogen-bond donors (Lipinski definition) is 1. The van der Waals surface area contributed by atoms with Gasteiger partial charge in [-0.3, -0.25) is 9.90 Å². The van der Waals surface area contributed by atoms with Crippen molar-refractivity contribution < 1.29 is 24.2 Å². The zero-order chi connectivity index (χ0) is 16.4. The van der Waals surface area contributed by atoms with Gasteiger partial charge in [0, 0.05) is 12.0 Å². The second-order valence-corrected chi connectivity index (χ2v) is 6.26. The van der Waals surface area contributed by atoms with E-state index in [1.807, 2.05) is 25.1 Å². The van der Waals surface area contributed by atoms with Crippen LogP contribution < -0.4 is 14.5 Å². The maximum absolute atomic E-state index is 11.2. The van der Waals surface area contributed by atoms with E-state index in [4.69, 9.17) is 14.3 Å². The fourth-order valence-corrected chi connectivity index (χ4v) is 3.19. The molecule has 0 amide bonds. The Kier molecular flexibility index (Phi) is 4.61. The lowest BCUT2D eigenvalue weighted by Crippen LogP contribution is -2.26.